The first-order valence-corrected chi connectivity index (χ1v) is 15.1. The number of piperidine rings is 1. The monoisotopic (exact) mass is 668 g/mol. The van der Waals surface area contributed by atoms with Crippen molar-refractivity contribution in [1.29, 1.82) is 0 Å². The number of carbonyl (C=O) groups excluding carboxylic acids is 2. The number of fused-ring (bicyclic) bond motifs is 1. The Morgan fingerprint density at radius 2 is 1.96 bits per heavy atom. The fourth-order valence-electron chi connectivity index (χ4n) is 5.23. The van der Waals surface area contributed by atoms with E-state index in [2.05, 4.69) is 30.8 Å². The van der Waals surface area contributed by atoms with Gasteiger partial charge < -0.3 is 19.7 Å². The normalized spacial score (nSPS) is 14.1. The van der Waals surface area contributed by atoms with Crippen molar-refractivity contribution in [2.75, 3.05) is 18.4 Å². The van der Waals surface area contributed by atoms with Crippen LogP contribution in [0.2, 0.25) is 5.02 Å². The summed E-state index contributed by atoms with van der Waals surface area (Å²) in [6, 6.07) is 5.86. The molecule has 1 aliphatic heterocycles. The topological polar surface area (TPSA) is 147 Å². The Balaban J connectivity index is 1.24. The number of nitrogens with zero attached hydrogens (tertiary/aromatic N) is 9. The third-order valence-corrected chi connectivity index (χ3v) is 7.55. The van der Waals surface area contributed by atoms with Gasteiger partial charge in [-0.1, -0.05) is 16.8 Å². The number of hydrogen-bond acceptors (Lipinski definition) is 9. The smallest absolute Gasteiger partial charge is 0.410 e. The lowest BCUT2D eigenvalue weighted by Crippen LogP contribution is -2.42. The van der Waals surface area contributed by atoms with Crippen LogP contribution in [0, 0.1) is 0 Å². The quantitative estimate of drug-likeness (QED) is 0.232. The minimum Gasteiger partial charge on any atom is -0.444 e. The van der Waals surface area contributed by atoms with Crippen molar-refractivity contribution in [2.45, 2.75) is 58.4 Å². The van der Waals surface area contributed by atoms with E-state index < -0.39 is 18.1 Å². The van der Waals surface area contributed by atoms with E-state index in [1.807, 2.05) is 20.8 Å². The molecular formula is C30H31ClF2N10O4. The number of aromatic nitrogens is 8. The van der Waals surface area contributed by atoms with Crippen molar-refractivity contribution in [3.8, 4) is 17.0 Å². The van der Waals surface area contributed by atoms with Crippen LogP contribution in [0.1, 0.15) is 55.7 Å². The summed E-state index contributed by atoms with van der Waals surface area (Å²) in [4.78, 5) is 31.8. The summed E-state index contributed by atoms with van der Waals surface area (Å²) in [5.74, 6) is -0.715. The highest BCUT2D eigenvalue weighted by Gasteiger charge is 2.28. The number of hydrogen-bond donors (Lipinski definition) is 1. The van der Waals surface area contributed by atoms with Crippen molar-refractivity contribution in [3.63, 3.8) is 0 Å². The summed E-state index contributed by atoms with van der Waals surface area (Å²) in [6.07, 6.45) is 8.92. The molecule has 1 aliphatic rings. The maximum Gasteiger partial charge on any atom is 0.410 e. The molecule has 0 unspecified atom stereocenters. The standard InChI is InChI=1S/C30H31ClF2N10O4/c1-30(2,3)47-29(45)40-11-7-20(8-12-40)43-16-19(37-39-43)15-41-17-23(36-27(44)22-14-35-42-10-4-9-34-26(22)42)25(38-41)21-13-18(31)5-6-24(21)46-28(32)33/h4-6,9-10,13-14,16-17,20,28H,7-8,11-12,15H2,1-3H3,(H,36,44). The van der Waals surface area contributed by atoms with E-state index in [0.29, 0.717) is 37.3 Å². The second-order valence-corrected chi connectivity index (χ2v) is 12.3. The zero-order valence-corrected chi connectivity index (χ0v) is 26.4. The van der Waals surface area contributed by atoms with Gasteiger partial charge >= 0.3 is 12.7 Å². The maximum absolute atomic E-state index is 13.4. The molecule has 1 fully saturated rings. The third kappa shape index (κ3) is 7.32. The molecule has 0 aliphatic carbocycles. The van der Waals surface area contributed by atoms with Gasteiger partial charge in [0, 0.05) is 42.3 Å². The van der Waals surface area contributed by atoms with E-state index in [1.54, 1.807) is 34.2 Å². The zero-order chi connectivity index (χ0) is 33.3. The van der Waals surface area contributed by atoms with Gasteiger partial charge in [-0.25, -0.2) is 19.0 Å². The average Bonchev–Trinajstić information content (AvgIpc) is 3.76. The highest BCUT2D eigenvalue weighted by atomic mass is 35.5. The first-order valence-electron chi connectivity index (χ1n) is 14.7. The lowest BCUT2D eigenvalue weighted by Gasteiger charge is -2.33. The van der Waals surface area contributed by atoms with Crippen LogP contribution in [-0.4, -0.2) is 81.6 Å². The molecule has 2 amide bonds. The van der Waals surface area contributed by atoms with Crippen molar-refractivity contribution in [3.05, 3.63) is 71.5 Å². The molecule has 4 aromatic heterocycles. The van der Waals surface area contributed by atoms with E-state index in [0.717, 1.165) is 0 Å². The Bertz CT molecular complexity index is 1910. The van der Waals surface area contributed by atoms with E-state index in [1.165, 1.54) is 39.8 Å². The molecule has 246 valence electrons. The molecule has 17 heteroatoms. The van der Waals surface area contributed by atoms with Gasteiger partial charge in [0.25, 0.3) is 5.91 Å². The molecule has 6 rings (SSSR count). The summed E-state index contributed by atoms with van der Waals surface area (Å²) in [5, 5.41) is 20.4. The number of nitrogens with one attached hydrogen (secondary N) is 1. The molecule has 14 nitrogen and oxygen atoms in total. The van der Waals surface area contributed by atoms with Crippen molar-refractivity contribution < 1.29 is 27.8 Å². The molecule has 0 spiro atoms. The fraction of sp³-hybridized carbons (Fsp3) is 0.367. The number of likely N-dealkylation sites (tertiary alicyclic amines) is 1. The van der Waals surface area contributed by atoms with Crippen LogP contribution in [0.15, 0.2) is 55.2 Å². The predicted octanol–water partition coefficient (Wildman–Crippen LogP) is 5.31. The van der Waals surface area contributed by atoms with Crippen LogP contribution in [0.25, 0.3) is 16.9 Å². The average molecular weight is 669 g/mol. The van der Waals surface area contributed by atoms with E-state index >= 15 is 0 Å². The third-order valence-electron chi connectivity index (χ3n) is 7.32. The minimum atomic E-state index is -3.11. The molecule has 1 saturated heterocycles. The molecule has 5 aromatic rings. The first-order chi connectivity index (χ1) is 22.4. The Labute approximate surface area is 272 Å². The molecule has 1 aromatic carbocycles. The number of carbonyl (C=O) groups is 2. The Morgan fingerprint density at radius 1 is 1.17 bits per heavy atom. The van der Waals surface area contributed by atoms with Crippen LogP contribution in [0.3, 0.4) is 0 Å². The van der Waals surface area contributed by atoms with Crippen LogP contribution < -0.4 is 10.1 Å². The molecule has 1 N–H and O–H groups in total. The SMILES string of the molecule is CC(C)(C)OC(=O)N1CCC(n2cc(Cn3cc(NC(=O)c4cnn5cccnc45)c(-c4cc(Cl)ccc4OC(F)F)n3)nn2)CC1. The lowest BCUT2D eigenvalue weighted by molar-refractivity contribution is -0.0494. The number of amides is 2. The van der Waals surface area contributed by atoms with Crippen molar-refractivity contribution >= 4 is 34.9 Å². The molecular weight excluding hydrogens is 638 g/mol. The first kappa shape index (κ1) is 31.8. The number of alkyl halides is 2. The van der Waals surface area contributed by atoms with Gasteiger partial charge in [0.05, 0.1) is 30.7 Å². The van der Waals surface area contributed by atoms with Crippen molar-refractivity contribution in [2.24, 2.45) is 0 Å². The van der Waals surface area contributed by atoms with Crippen LogP contribution in [0.4, 0.5) is 19.3 Å². The highest BCUT2D eigenvalue weighted by molar-refractivity contribution is 6.31. The number of benzene rings is 1. The second-order valence-electron chi connectivity index (χ2n) is 11.9. The number of anilines is 1. The summed E-state index contributed by atoms with van der Waals surface area (Å²) in [6.45, 7) is 3.57. The Kier molecular flexibility index (Phi) is 8.77. The Hall–Kier alpha value is -5.12. The van der Waals surface area contributed by atoms with E-state index in [-0.39, 0.29) is 52.0 Å². The molecule has 0 bridgehead atoms. The van der Waals surface area contributed by atoms with Gasteiger partial charge in [-0.15, -0.1) is 5.10 Å². The molecule has 0 radical (unpaired) electrons. The summed E-state index contributed by atoms with van der Waals surface area (Å²) in [7, 11) is 0. The fourth-order valence-corrected chi connectivity index (χ4v) is 5.40. The zero-order valence-electron chi connectivity index (χ0n) is 25.7. The van der Waals surface area contributed by atoms with Crippen LogP contribution in [0.5, 0.6) is 5.75 Å². The number of rotatable bonds is 8. The largest absolute Gasteiger partial charge is 0.444 e. The highest BCUT2D eigenvalue weighted by Crippen LogP contribution is 2.37. The molecule has 47 heavy (non-hydrogen) atoms. The second kappa shape index (κ2) is 12.9. The van der Waals surface area contributed by atoms with Gasteiger partial charge in [0.2, 0.25) is 0 Å². The molecule has 0 saturated carbocycles. The van der Waals surface area contributed by atoms with Gasteiger partial charge in [-0.05, 0) is 57.9 Å². The van der Waals surface area contributed by atoms with E-state index in [9.17, 15) is 18.4 Å². The van der Waals surface area contributed by atoms with Gasteiger partial charge in [-0.2, -0.15) is 19.0 Å². The van der Waals surface area contributed by atoms with Crippen LogP contribution in [-0.2, 0) is 11.3 Å². The Morgan fingerprint density at radius 3 is 2.70 bits per heavy atom. The van der Waals surface area contributed by atoms with Gasteiger partial charge in [0.1, 0.15) is 28.3 Å². The summed E-state index contributed by atoms with van der Waals surface area (Å²) >= 11 is 6.24. The van der Waals surface area contributed by atoms with Crippen LogP contribution >= 0.6 is 11.6 Å². The van der Waals surface area contributed by atoms with Gasteiger partial charge in [-0.3, -0.25) is 9.48 Å². The van der Waals surface area contributed by atoms with Crippen molar-refractivity contribution in [1.82, 2.24) is 44.3 Å². The summed E-state index contributed by atoms with van der Waals surface area (Å²) < 4.78 is 41.6. The number of ether oxygens (including phenoxy) is 2. The maximum atomic E-state index is 13.4. The molecule has 0 atom stereocenters. The predicted molar refractivity (Wildman–Crippen MR) is 165 cm³/mol. The van der Waals surface area contributed by atoms with E-state index in [4.69, 9.17) is 21.1 Å². The van der Waals surface area contributed by atoms with Gasteiger partial charge in [0.15, 0.2) is 5.65 Å². The minimum absolute atomic E-state index is 0.0259. The molecule has 5 heterocycles. The summed E-state index contributed by atoms with van der Waals surface area (Å²) in [5.41, 5.74) is 1.01. The lowest BCUT2D eigenvalue weighted by atomic mass is 10.1. The number of halogens is 3.